The fourth-order valence-corrected chi connectivity index (χ4v) is 2.85. The van der Waals surface area contributed by atoms with Crippen molar-refractivity contribution in [3.8, 4) is 0 Å². The van der Waals surface area contributed by atoms with E-state index >= 15 is 0 Å². The number of alkyl halides is 3. The number of allylic oxidation sites excluding steroid dienone is 2. The summed E-state index contributed by atoms with van der Waals surface area (Å²) in [5.41, 5.74) is 0.479. The third-order valence-electron chi connectivity index (χ3n) is 4.15. The van der Waals surface area contributed by atoms with Crippen molar-refractivity contribution in [2.75, 3.05) is 0 Å². The van der Waals surface area contributed by atoms with E-state index in [2.05, 4.69) is 0 Å². The molecular weight excluding hydrogens is 339 g/mol. The molecule has 1 aromatic heterocycles. The van der Waals surface area contributed by atoms with Gasteiger partial charge in [-0.2, -0.15) is 13.2 Å². The quantitative estimate of drug-likeness (QED) is 0.600. The number of aromatic nitrogens is 1. The zero-order valence-corrected chi connectivity index (χ0v) is 15.1. The van der Waals surface area contributed by atoms with Crippen LogP contribution in [0.5, 0.6) is 0 Å². The molecule has 0 spiro atoms. The number of benzene rings is 1. The van der Waals surface area contributed by atoms with Crippen molar-refractivity contribution in [2.24, 2.45) is 0 Å². The van der Waals surface area contributed by atoms with E-state index in [1.165, 1.54) is 4.57 Å². The monoisotopic (exact) mass is 363 g/mol. The minimum Gasteiger partial charge on any atom is -0.310 e. The van der Waals surface area contributed by atoms with Crippen LogP contribution in [-0.4, -0.2) is 4.57 Å². The predicted molar refractivity (Wildman–Crippen MR) is 99.0 cm³/mol. The minimum absolute atomic E-state index is 0.115. The molecule has 0 aliphatic heterocycles. The van der Waals surface area contributed by atoms with Crippen LogP contribution in [0, 0.1) is 0 Å². The fraction of sp³-hybridized carbons (Fsp3) is 0.381. The number of pyridine rings is 1. The van der Waals surface area contributed by atoms with Crippen LogP contribution in [0.1, 0.15) is 56.2 Å². The lowest BCUT2D eigenvalue weighted by molar-refractivity contribution is -0.138. The second-order valence-electron chi connectivity index (χ2n) is 6.33. The lowest BCUT2D eigenvalue weighted by Gasteiger charge is -2.15. The van der Waals surface area contributed by atoms with Gasteiger partial charge in [-0.1, -0.05) is 63.1 Å². The average Bonchev–Trinajstić information content (AvgIpc) is 2.60. The summed E-state index contributed by atoms with van der Waals surface area (Å²) in [6.45, 7) is 4.07. The molecular formula is C21H24F3NO. The fourth-order valence-electron chi connectivity index (χ4n) is 2.85. The first kappa shape index (κ1) is 20.0. The van der Waals surface area contributed by atoms with Gasteiger partial charge in [-0.05, 0) is 30.0 Å². The molecule has 1 aromatic carbocycles. The number of rotatable bonds is 7. The van der Waals surface area contributed by atoms with Crippen LogP contribution in [0.25, 0.3) is 5.57 Å². The van der Waals surface area contributed by atoms with Crippen molar-refractivity contribution in [2.45, 2.75) is 52.3 Å². The highest BCUT2D eigenvalue weighted by Gasteiger charge is 2.32. The molecule has 26 heavy (non-hydrogen) atoms. The Balaban J connectivity index is 2.59. The van der Waals surface area contributed by atoms with Gasteiger partial charge in [0.25, 0.3) is 5.56 Å². The largest absolute Gasteiger partial charge is 0.417 e. The smallest absolute Gasteiger partial charge is 0.310 e. The molecule has 0 amide bonds. The molecule has 0 fully saturated rings. The van der Waals surface area contributed by atoms with Gasteiger partial charge in [0.1, 0.15) is 0 Å². The summed E-state index contributed by atoms with van der Waals surface area (Å²) in [4.78, 5) is 12.9. The summed E-state index contributed by atoms with van der Waals surface area (Å²) in [6, 6.07) is 10.0. The minimum atomic E-state index is -4.50. The van der Waals surface area contributed by atoms with Crippen molar-refractivity contribution in [1.82, 2.24) is 4.57 Å². The van der Waals surface area contributed by atoms with Crippen molar-refractivity contribution < 1.29 is 13.2 Å². The summed E-state index contributed by atoms with van der Waals surface area (Å²) in [7, 11) is 0. The highest BCUT2D eigenvalue weighted by atomic mass is 19.4. The molecule has 2 rings (SSSR count). The van der Waals surface area contributed by atoms with E-state index in [0.29, 0.717) is 12.0 Å². The van der Waals surface area contributed by atoms with Crippen molar-refractivity contribution in [3.63, 3.8) is 0 Å². The van der Waals surface area contributed by atoms with E-state index in [0.717, 1.165) is 37.1 Å². The molecule has 2 aromatic rings. The third kappa shape index (κ3) is 5.10. The maximum atomic E-state index is 13.4. The van der Waals surface area contributed by atoms with Crippen molar-refractivity contribution >= 4 is 5.57 Å². The molecule has 5 heteroatoms. The molecule has 0 unspecified atom stereocenters. The van der Waals surface area contributed by atoms with Crippen LogP contribution < -0.4 is 5.56 Å². The maximum absolute atomic E-state index is 13.4. The van der Waals surface area contributed by atoms with E-state index in [-0.39, 0.29) is 17.7 Å². The molecule has 0 saturated heterocycles. The Morgan fingerprint density at radius 3 is 2.38 bits per heavy atom. The summed E-state index contributed by atoms with van der Waals surface area (Å²) >= 11 is 0. The first-order chi connectivity index (χ1) is 12.4. The van der Waals surface area contributed by atoms with E-state index in [1.807, 2.05) is 26.0 Å². The molecule has 0 saturated carbocycles. The number of nitrogens with zero attached hydrogens (tertiary/aromatic N) is 1. The molecule has 0 aliphatic carbocycles. The predicted octanol–water partition coefficient (Wildman–Crippen LogP) is 5.90. The Morgan fingerprint density at radius 1 is 1.12 bits per heavy atom. The Bertz CT molecular complexity index is 804. The van der Waals surface area contributed by atoms with Crippen LogP contribution in [0.2, 0.25) is 0 Å². The van der Waals surface area contributed by atoms with Gasteiger partial charge in [0.15, 0.2) is 0 Å². The zero-order valence-electron chi connectivity index (χ0n) is 15.1. The van der Waals surface area contributed by atoms with Crippen LogP contribution in [0.15, 0.2) is 53.5 Å². The highest BCUT2D eigenvalue weighted by Crippen LogP contribution is 2.31. The number of unbranched alkanes of at least 4 members (excludes halogenated alkanes) is 1. The van der Waals surface area contributed by atoms with Gasteiger partial charge < -0.3 is 4.57 Å². The average molecular weight is 363 g/mol. The SMILES string of the molecule is CCCC=C(CCC)c1cc(C(F)(F)F)cn(Cc2ccccc2)c1=O. The Morgan fingerprint density at radius 2 is 1.81 bits per heavy atom. The van der Waals surface area contributed by atoms with Gasteiger partial charge in [0.05, 0.1) is 12.1 Å². The van der Waals surface area contributed by atoms with Crippen molar-refractivity contribution in [3.05, 3.63) is 75.7 Å². The molecule has 0 atom stereocenters. The van der Waals surface area contributed by atoms with Crippen LogP contribution in [0.4, 0.5) is 13.2 Å². The highest BCUT2D eigenvalue weighted by molar-refractivity contribution is 5.65. The second kappa shape index (κ2) is 8.88. The molecule has 140 valence electrons. The van der Waals surface area contributed by atoms with Gasteiger partial charge in [-0.25, -0.2) is 0 Å². The third-order valence-corrected chi connectivity index (χ3v) is 4.15. The van der Waals surface area contributed by atoms with Crippen LogP contribution in [0.3, 0.4) is 0 Å². The first-order valence-corrected chi connectivity index (χ1v) is 8.91. The van der Waals surface area contributed by atoms with Gasteiger partial charge >= 0.3 is 6.18 Å². The van der Waals surface area contributed by atoms with E-state index in [4.69, 9.17) is 0 Å². The molecule has 0 radical (unpaired) electrons. The molecule has 1 heterocycles. The maximum Gasteiger partial charge on any atom is 0.417 e. The van der Waals surface area contributed by atoms with Crippen molar-refractivity contribution in [1.29, 1.82) is 0 Å². The Kier molecular flexibility index (Phi) is 6.83. The van der Waals surface area contributed by atoms with Gasteiger partial charge in [0, 0.05) is 11.8 Å². The van der Waals surface area contributed by atoms with E-state index in [1.54, 1.807) is 24.3 Å². The van der Waals surface area contributed by atoms with Crippen LogP contribution in [-0.2, 0) is 12.7 Å². The summed E-state index contributed by atoms with van der Waals surface area (Å²) in [5.74, 6) is 0. The summed E-state index contributed by atoms with van der Waals surface area (Å²) in [5, 5.41) is 0. The number of hydrogen-bond acceptors (Lipinski definition) is 1. The topological polar surface area (TPSA) is 22.0 Å². The summed E-state index contributed by atoms with van der Waals surface area (Å²) < 4.78 is 41.3. The Labute approximate surface area is 152 Å². The molecule has 2 nitrogen and oxygen atoms in total. The lowest BCUT2D eigenvalue weighted by Crippen LogP contribution is -2.26. The van der Waals surface area contributed by atoms with E-state index in [9.17, 15) is 18.0 Å². The standard InChI is InChI=1S/C21H24F3NO/c1-3-5-12-17(9-4-2)19-13-18(21(22,23)24)15-25(20(19)26)14-16-10-7-6-8-11-16/h6-8,10-13,15H,3-5,9,14H2,1-2H3. The Hall–Kier alpha value is -2.30. The van der Waals surface area contributed by atoms with Gasteiger partial charge in [-0.15, -0.1) is 0 Å². The van der Waals surface area contributed by atoms with E-state index < -0.39 is 11.7 Å². The summed E-state index contributed by atoms with van der Waals surface area (Å²) in [6.07, 6.45) is 1.29. The zero-order chi connectivity index (χ0) is 19.2. The lowest BCUT2D eigenvalue weighted by atomic mass is 9.99. The second-order valence-corrected chi connectivity index (χ2v) is 6.33. The molecule has 0 N–H and O–H groups in total. The number of halogens is 3. The van der Waals surface area contributed by atoms with Gasteiger partial charge in [-0.3, -0.25) is 4.79 Å². The van der Waals surface area contributed by atoms with Crippen LogP contribution >= 0.6 is 0 Å². The normalized spacial score (nSPS) is 12.4. The number of hydrogen-bond donors (Lipinski definition) is 0. The first-order valence-electron chi connectivity index (χ1n) is 8.91. The van der Waals surface area contributed by atoms with Gasteiger partial charge in [0.2, 0.25) is 0 Å². The molecule has 0 aliphatic rings. The molecule has 0 bridgehead atoms.